The van der Waals surface area contributed by atoms with Crippen LogP contribution in [0.5, 0.6) is 5.75 Å². The molecule has 3 aromatic rings. The highest BCUT2D eigenvalue weighted by atomic mass is 16.5. The van der Waals surface area contributed by atoms with Crippen LogP contribution in [0.4, 0.5) is 6.01 Å². The molecule has 148 valence electrons. The number of fused-ring (bicyclic) bond motifs is 1. The predicted molar refractivity (Wildman–Crippen MR) is 103 cm³/mol. The van der Waals surface area contributed by atoms with Crippen molar-refractivity contribution in [1.82, 2.24) is 25.5 Å². The summed E-state index contributed by atoms with van der Waals surface area (Å²) >= 11 is 0. The first-order valence-corrected chi connectivity index (χ1v) is 9.45. The highest BCUT2D eigenvalue weighted by Crippen LogP contribution is 2.29. The van der Waals surface area contributed by atoms with Crippen LogP contribution in [0, 0.1) is 12.8 Å². The Morgan fingerprint density at radius 2 is 2.32 bits per heavy atom. The summed E-state index contributed by atoms with van der Waals surface area (Å²) in [7, 11) is 1.63. The standard InChI is InChI=1S/C19H24N6O3/c1-12-21-17(24-23-12)10-20-18(26)8-13-4-3-7-25(11-13)19-22-15-9-14(27-2)5-6-16(15)28-19/h5-6,9,13H,3-4,7-8,10-11H2,1-2H3,(H,20,26)(H,21,23,24). The molecule has 0 spiro atoms. The van der Waals surface area contributed by atoms with Crippen LogP contribution < -0.4 is 15.0 Å². The summed E-state index contributed by atoms with van der Waals surface area (Å²) in [6.45, 7) is 3.79. The molecule has 3 heterocycles. The molecule has 1 aliphatic heterocycles. The molecule has 0 bridgehead atoms. The number of piperidine rings is 1. The quantitative estimate of drug-likeness (QED) is 0.670. The monoisotopic (exact) mass is 384 g/mol. The van der Waals surface area contributed by atoms with Crippen molar-refractivity contribution in [3.63, 3.8) is 0 Å². The lowest BCUT2D eigenvalue weighted by Crippen LogP contribution is -2.38. The van der Waals surface area contributed by atoms with Crippen molar-refractivity contribution in [2.45, 2.75) is 32.7 Å². The number of carbonyl (C=O) groups is 1. The fourth-order valence-electron chi connectivity index (χ4n) is 3.54. The maximum atomic E-state index is 12.3. The molecule has 1 unspecified atom stereocenters. The zero-order valence-corrected chi connectivity index (χ0v) is 16.1. The number of nitrogens with zero attached hydrogens (tertiary/aromatic N) is 4. The number of aromatic amines is 1. The number of hydrogen-bond acceptors (Lipinski definition) is 7. The Hall–Kier alpha value is -3.10. The number of benzene rings is 1. The van der Waals surface area contributed by atoms with Crippen molar-refractivity contribution in [2.75, 3.05) is 25.1 Å². The van der Waals surface area contributed by atoms with Gasteiger partial charge in [-0.3, -0.25) is 9.89 Å². The summed E-state index contributed by atoms with van der Waals surface area (Å²) in [5.41, 5.74) is 1.51. The molecule has 1 fully saturated rings. The molecular weight excluding hydrogens is 360 g/mol. The van der Waals surface area contributed by atoms with Crippen molar-refractivity contribution in [3.8, 4) is 5.75 Å². The van der Waals surface area contributed by atoms with Crippen molar-refractivity contribution >= 4 is 23.0 Å². The minimum atomic E-state index is 0.0107. The lowest BCUT2D eigenvalue weighted by Gasteiger charge is -2.31. The van der Waals surface area contributed by atoms with Crippen LogP contribution in [0.25, 0.3) is 11.1 Å². The highest BCUT2D eigenvalue weighted by molar-refractivity contribution is 5.77. The van der Waals surface area contributed by atoms with Crippen molar-refractivity contribution in [3.05, 3.63) is 29.8 Å². The molecule has 4 rings (SSSR count). The van der Waals surface area contributed by atoms with Gasteiger partial charge in [-0.1, -0.05) is 0 Å². The number of anilines is 1. The molecule has 9 heteroatoms. The van der Waals surface area contributed by atoms with Gasteiger partial charge in [-0.15, -0.1) is 0 Å². The maximum Gasteiger partial charge on any atom is 0.298 e. The van der Waals surface area contributed by atoms with E-state index in [2.05, 4.69) is 30.4 Å². The summed E-state index contributed by atoms with van der Waals surface area (Å²) in [4.78, 5) is 23.2. The van der Waals surface area contributed by atoms with Crippen LogP contribution in [0.2, 0.25) is 0 Å². The van der Waals surface area contributed by atoms with E-state index >= 15 is 0 Å². The summed E-state index contributed by atoms with van der Waals surface area (Å²) < 4.78 is 11.2. The molecule has 9 nitrogen and oxygen atoms in total. The Morgan fingerprint density at radius 1 is 1.43 bits per heavy atom. The van der Waals surface area contributed by atoms with Crippen LogP contribution in [0.3, 0.4) is 0 Å². The second-order valence-electron chi connectivity index (χ2n) is 7.10. The fourth-order valence-corrected chi connectivity index (χ4v) is 3.54. The third-order valence-electron chi connectivity index (χ3n) is 4.93. The van der Waals surface area contributed by atoms with E-state index in [1.807, 2.05) is 25.1 Å². The Kier molecular flexibility index (Phi) is 5.14. The van der Waals surface area contributed by atoms with E-state index in [0.717, 1.165) is 48.6 Å². The molecule has 2 aromatic heterocycles. The number of rotatable bonds is 6. The number of aromatic nitrogens is 4. The van der Waals surface area contributed by atoms with Crippen LogP contribution in [-0.4, -0.2) is 46.3 Å². The van der Waals surface area contributed by atoms with E-state index < -0.39 is 0 Å². The Bertz CT molecular complexity index is 966. The van der Waals surface area contributed by atoms with Crippen molar-refractivity contribution in [2.24, 2.45) is 5.92 Å². The van der Waals surface area contributed by atoms with Gasteiger partial charge in [-0.05, 0) is 37.8 Å². The lowest BCUT2D eigenvalue weighted by atomic mass is 9.94. The van der Waals surface area contributed by atoms with E-state index in [9.17, 15) is 4.79 Å². The molecule has 0 saturated carbocycles. The number of methoxy groups -OCH3 is 1. The maximum absolute atomic E-state index is 12.3. The molecule has 0 radical (unpaired) electrons. The summed E-state index contributed by atoms with van der Waals surface area (Å²) in [5, 5.41) is 9.70. The minimum absolute atomic E-state index is 0.0107. The molecule has 1 atom stereocenters. The van der Waals surface area contributed by atoms with Crippen LogP contribution in [0.1, 0.15) is 30.9 Å². The van der Waals surface area contributed by atoms with E-state index in [0.29, 0.717) is 24.8 Å². The molecule has 1 aliphatic rings. The number of H-pyrrole nitrogens is 1. The summed E-state index contributed by atoms with van der Waals surface area (Å²) in [6, 6.07) is 6.19. The third-order valence-corrected chi connectivity index (χ3v) is 4.93. The van der Waals surface area contributed by atoms with E-state index in [4.69, 9.17) is 9.15 Å². The predicted octanol–water partition coefficient (Wildman–Crippen LogP) is 2.19. The van der Waals surface area contributed by atoms with Gasteiger partial charge in [0.05, 0.1) is 13.7 Å². The number of carbonyl (C=O) groups excluding carboxylic acids is 1. The molecule has 0 aliphatic carbocycles. The lowest BCUT2D eigenvalue weighted by molar-refractivity contribution is -0.122. The normalized spacial score (nSPS) is 17.1. The van der Waals surface area contributed by atoms with E-state index in [1.165, 1.54) is 0 Å². The average Bonchev–Trinajstić information content (AvgIpc) is 3.32. The number of hydrogen-bond donors (Lipinski definition) is 2. The molecule has 28 heavy (non-hydrogen) atoms. The van der Waals surface area contributed by atoms with Gasteiger partial charge >= 0.3 is 0 Å². The van der Waals surface area contributed by atoms with Gasteiger partial charge in [0.2, 0.25) is 5.91 Å². The second-order valence-corrected chi connectivity index (χ2v) is 7.10. The van der Waals surface area contributed by atoms with Gasteiger partial charge in [-0.2, -0.15) is 10.1 Å². The van der Waals surface area contributed by atoms with E-state index in [-0.39, 0.29) is 11.8 Å². The third kappa shape index (κ3) is 4.08. The van der Waals surface area contributed by atoms with Gasteiger partial charge in [0.25, 0.3) is 6.01 Å². The molecule has 1 saturated heterocycles. The number of oxazole rings is 1. The smallest absolute Gasteiger partial charge is 0.298 e. The van der Waals surface area contributed by atoms with Gasteiger partial charge in [0.1, 0.15) is 17.1 Å². The topological polar surface area (TPSA) is 109 Å². The summed E-state index contributed by atoms with van der Waals surface area (Å²) in [5.74, 6) is 2.35. The van der Waals surface area contributed by atoms with Gasteiger partial charge in [0.15, 0.2) is 11.4 Å². The van der Waals surface area contributed by atoms with Crippen LogP contribution >= 0.6 is 0 Å². The Balaban J connectivity index is 1.35. The van der Waals surface area contributed by atoms with Gasteiger partial charge < -0.3 is 19.4 Å². The minimum Gasteiger partial charge on any atom is -0.497 e. The van der Waals surface area contributed by atoms with Crippen molar-refractivity contribution < 1.29 is 13.9 Å². The van der Waals surface area contributed by atoms with Crippen LogP contribution in [-0.2, 0) is 11.3 Å². The van der Waals surface area contributed by atoms with Crippen LogP contribution in [0.15, 0.2) is 22.6 Å². The molecule has 1 aromatic carbocycles. The average molecular weight is 384 g/mol. The molecule has 2 N–H and O–H groups in total. The number of ether oxygens (including phenoxy) is 1. The number of nitrogens with one attached hydrogen (secondary N) is 2. The van der Waals surface area contributed by atoms with Gasteiger partial charge in [0, 0.05) is 25.6 Å². The first kappa shape index (κ1) is 18.3. The Labute approximate surface area is 162 Å². The first-order valence-electron chi connectivity index (χ1n) is 9.45. The zero-order chi connectivity index (χ0) is 19.5. The number of aryl methyl sites for hydroxylation is 1. The fraction of sp³-hybridized carbons (Fsp3) is 0.474. The largest absolute Gasteiger partial charge is 0.497 e. The van der Waals surface area contributed by atoms with E-state index in [1.54, 1.807) is 7.11 Å². The SMILES string of the molecule is COc1ccc2oc(N3CCCC(CC(=O)NCc4n[nH]c(C)n4)C3)nc2c1. The first-order chi connectivity index (χ1) is 13.6. The van der Waals surface area contributed by atoms with Crippen molar-refractivity contribution in [1.29, 1.82) is 0 Å². The zero-order valence-electron chi connectivity index (χ0n) is 16.1. The number of amides is 1. The highest BCUT2D eigenvalue weighted by Gasteiger charge is 2.25. The summed E-state index contributed by atoms with van der Waals surface area (Å²) in [6.07, 6.45) is 2.48. The molecular formula is C19H24N6O3. The second kappa shape index (κ2) is 7.87. The molecule has 1 amide bonds. The Morgan fingerprint density at radius 3 is 3.11 bits per heavy atom. The van der Waals surface area contributed by atoms with Gasteiger partial charge in [-0.25, -0.2) is 4.98 Å².